The average molecular weight is 547 g/mol. The molecule has 0 radical (unpaired) electrons. The van der Waals surface area contributed by atoms with Gasteiger partial charge in [-0.15, -0.1) is 0 Å². The Balaban J connectivity index is 2.28. The SMILES string of the molecule is NC(CO)C(=O)NC(CC(=O)O)C(=O)NC(Cc1ccc(O)cc1)C(=O)NC(Cc1ccc(O)cc1)C(=O)O. The largest absolute Gasteiger partial charge is 0.508 e. The predicted molar refractivity (Wildman–Crippen MR) is 134 cm³/mol. The van der Waals surface area contributed by atoms with Gasteiger partial charge in [-0.1, -0.05) is 24.3 Å². The van der Waals surface area contributed by atoms with Crippen molar-refractivity contribution in [1.29, 1.82) is 0 Å². The molecule has 0 aliphatic carbocycles. The number of carbonyl (C=O) groups is 5. The van der Waals surface area contributed by atoms with Crippen molar-refractivity contribution in [1.82, 2.24) is 16.0 Å². The van der Waals surface area contributed by atoms with Crippen molar-refractivity contribution in [2.45, 2.75) is 43.4 Å². The Hall–Kier alpha value is -4.69. The lowest BCUT2D eigenvalue weighted by Gasteiger charge is -2.25. The monoisotopic (exact) mass is 546 g/mol. The molecule has 10 N–H and O–H groups in total. The van der Waals surface area contributed by atoms with Crippen molar-refractivity contribution in [3.8, 4) is 11.5 Å². The van der Waals surface area contributed by atoms with E-state index in [0.29, 0.717) is 11.1 Å². The molecule has 14 nitrogen and oxygen atoms in total. The molecule has 2 aromatic carbocycles. The van der Waals surface area contributed by atoms with Crippen molar-refractivity contribution in [2.75, 3.05) is 6.61 Å². The Kier molecular flexibility index (Phi) is 11.2. The molecular formula is C25H30N4O10. The molecule has 14 heteroatoms. The van der Waals surface area contributed by atoms with Crippen LogP contribution >= 0.6 is 0 Å². The van der Waals surface area contributed by atoms with E-state index < -0.39 is 66.9 Å². The molecule has 0 saturated carbocycles. The molecule has 2 rings (SSSR count). The van der Waals surface area contributed by atoms with E-state index in [2.05, 4.69) is 16.0 Å². The standard InChI is InChI=1S/C25H30N4O10/c26-17(12-30)22(35)27-19(11-21(33)34)24(37)28-18(9-13-1-5-15(31)6-2-13)23(36)29-20(25(38)39)10-14-3-7-16(32)8-4-14/h1-8,17-20,30-32H,9-12,26H2,(H,27,35)(H,28,37)(H,29,36)(H,33,34)(H,38,39). The fourth-order valence-electron chi connectivity index (χ4n) is 3.44. The number of hydrogen-bond donors (Lipinski definition) is 9. The first-order valence-corrected chi connectivity index (χ1v) is 11.7. The highest BCUT2D eigenvalue weighted by Gasteiger charge is 2.31. The maximum atomic E-state index is 13.2. The number of carboxylic acids is 2. The van der Waals surface area contributed by atoms with E-state index in [9.17, 15) is 44.4 Å². The summed E-state index contributed by atoms with van der Waals surface area (Å²) in [7, 11) is 0. The van der Waals surface area contributed by atoms with Gasteiger partial charge in [0, 0.05) is 12.8 Å². The maximum absolute atomic E-state index is 13.2. The Labute approximate surface area is 222 Å². The van der Waals surface area contributed by atoms with Crippen LogP contribution in [-0.2, 0) is 36.8 Å². The van der Waals surface area contributed by atoms with Gasteiger partial charge in [-0.05, 0) is 35.4 Å². The Morgan fingerprint density at radius 3 is 1.51 bits per heavy atom. The summed E-state index contributed by atoms with van der Waals surface area (Å²) in [5.41, 5.74) is 6.37. The van der Waals surface area contributed by atoms with Crippen molar-refractivity contribution in [3.63, 3.8) is 0 Å². The molecule has 0 aromatic heterocycles. The minimum atomic E-state index is -1.67. The quantitative estimate of drug-likeness (QED) is 0.128. The molecule has 0 aliphatic heterocycles. The molecule has 210 valence electrons. The number of phenols is 2. The van der Waals surface area contributed by atoms with Crippen LogP contribution in [0.15, 0.2) is 48.5 Å². The second kappa shape index (κ2) is 14.3. The Bertz CT molecular complexity index is 1170. The minimum Gasteiger partial charge on any atom is -0.508 e. The number of aromatic hydroxyl groups is 2. The molecule has 2 aromatic rings. The zero-order valence-corrected chi connectivity index (χ0v) is 20.6. The van der Waals surface area contributed by atoms with Crippen LogP contribution in [0.1, 0.15) is 17.5 Å². The predicted octanol–water partition coefficient (Wildman–Crippen LogP) is -1.78. The zero-order chi connectivity index (χ0) is 29.1. The van der Waals surface area contributed by atoms with E-state index in [1.165, 1.54) is 48.5 Å². The Morgan fingerprint density at radius 2 is 1.08 bits per heavy atom. The lowest BCUT2D eigenvalue weighted by molar-refractivity contribution is -0.143. The summed E-state index contributed by atoms with van der Waals surface area (Å²) in [5, 5.41) is 53.7. The average Bonchev–Trinajstić information content (AvgIpc) is 2.88. The highest BCUT2D eigenvalue weighted by Crippen LogP contribution is 2.14. The van der Waals surface area contributed by atoms with Gasteiger partial charge in [0.1, 0.15) is 35.7 Å². The van der Waals surface area contributed by atoms with Crippen LogP contribution in [0.2, 0.25) is 0 Å². The van der Waals surface area contributed by atoms with Crippen LogP contribution in [-0.4, -0.2) is 86.0 Å². The summed E-state index contributed by atoms with van der Waals surface area (Å²) >= 11 is 0. The van der Waals surface area contributed by atoms with Crippen LogP contribution in [0.3, 0.4) is 0 Å². The summed E-state index contributed by atoms with van der Waals surface area (Å²) in [5.74, 6) is -5.91. The molecule has 0 heterocycles. The number of nitrogens with two attached hydrogens (primary N) is 1. The van der Waals surface area contributed by atoms with Crippen LogP contribution in [0.4, 0.5) is 0 Å². The van der Waals surface area contributed by atoms with Gasteiger partial charge in [0.05, 0.1) is 13.0 Å². The maximum Gasteiger partial charge on any atom is 0.326 e. The summed E-state index contributed by atoms with van der Waals surface area (Å²) in [6.45, 7) is -0.767. The minimum absolute atomic E-state index is 0.0331. The fraction of sp³-hybridized carbons (Fsp3) is 0.320. The van der Waals surface area contributed by atoms with Crippen LogP contribution < -0.4 is 21.7 Å². The van der Waals surface area contributed by atoms with Gasteiger partial charge in [0.2, 0.25) is 17.7 Å². The number of hydrogen-bond acceptors (Lipinski definition) is 9. The second-order valence-electron chi connectivity index (χ2n) is 8.65. The first-order valence-electron chi connectivity index (χ1n) is 11.7. The number of aliphatic carboxylic acids is 2. The first-order chi connectivity index (χ1) is 18.4. The van der Waals surface area contributed by atoms with E-state index in [4.69, 9.17) is 10.8 Å². The molecule has 39 heavy (non-hydrogen) atoms. The molecule has 4 atom stereocenters. The van der Waals surface area contributed by atoms with Crippen LogP contribution in [0.5, 0.6) is 11.5 Å². The van der Waals surface area contributed by atoms with Gasteiger partial charge in [-0.25, -0.2) is 4.79 Å². The van der Waals surface area contributed by atoms with Gasteiger partial charge in [-0.2, -0.15) is 0 Å². The molecule has 0 aliphatic rings. The number of benzene rings is 2. The third kappa shape index (κ3) is 9.94. The third-order valence-electron chi connectivity index (χ3n) is 5.55. The number of aliphatic hydroxyl groups excluding tert-OH is 1. The zero-order valence-electron chi connectivity index (χ0n) is 20.6. The smallest absolute Gasteiger partial charge is 0.326 e. The number of carbonyl (C=O) groups excluding carboxylic acids is 3. The number of phenolic OH excluding ortho intramolecular Hbond substituents is 2. The summed E-state index contributed by atoms with van der Waals surface area (Å²) < 4.78 is 0. The summed E-state index contributed by atoms with van der Waals surface area (Å²) in [6.07, 6.45) is -1.22. The van der Waals surface area contributed by atoms with Crippen molar-refractivity contribution in [2.24, 2.45) is 5.73 Å². The number of carboxylic acid groups (broad SMARTS) is 2. The van der Waals surface area contributed by atoms with E-state index in [0.717, 1.165) is 0 Å². The number of rotatable bonds is 14. The molecule has 0 bridgehead atoms. The fourth-order valence-corrected chi connectivity index (χ4v) is 3.44. The van der Waals surface area contributed by atoms with Crippen molar-refractivity contribution < 1.29 is 49.5 Å². The molecular weight excluding hydrogens is 516 g/mol. The summed E-state index contributed by atoms with van der Waals surface area (Å²) in [4.78, 5) is 61.4. The molecule has 0 spiro atoms. The van der Waals surface area contributed by atoms with Gasteiger partial charge < -0.3 is 47.2 Å². The highest BCUT2D eigenvalue weighted by atomic mass is 16.4. The van der Waals surface area contributed by atoms with E-state index in [1.54, 1.807) is 0 Å². The molecule has 3 amide bonds. The van der Waals surface area contributed by atoms with Crippen LogP contribution in [0, 0.1) is 0 Å². The second-order valence-corrected chi connectivity index (χ2v) is 8.65. The van der Waals surface area contributed by atoms with Gasteiger partial charge in [0.25, 0.3) is 0 Å². The Morgan fingerprint density at radius 1 is 0.667 bits per heavy atom. The summed E-state index contributed by atoms with van der Waals surface area (Å²) in [6, 6.07) is 5.28. The van der Waals surface area contributed by atoms with Crippen LogP contribution in [0.25, 0.3) is 0 Å². The molecule has 4 unspecified atom stereocenters. The van der Waals surface area contributed by atoms with Gasteiger partial charge in [-0.3, -0.25) is 19.2 Å². The van der Waals surface area contributed by atoms with Gasteiger partial charge >= 0.3 is 11.9 Å². The molecule has 0 saturated heterocycles. The van der Waals surface area contributed by atoms with E-state index >= 15 is 0 Å². The van der Waals surface area contributed by atoms with Crippen molar-refractivity contribution in [3.05, 3.63) is 59.7 Å². The number of aliphatic hydroxyl groups is 1. The number of nitrogens with one attached hydrogen (secondary N) is 3. The third-order valence-corrected chi connectivity index (χ3v) is 5.55. The normalized spacial score (nSPS) is 13.8. The first kappa shape index (κ1) is 30.5. The van der Waals surface area contributed by atoms with Crippen molar-refractivity contribution >= 4 is 29.7 Å². The topological polar surface area (TPSA) is 249 Å². The highest BCUT2D eigenvalue weighted by molar-refractivity contribution is 5.95. The van der Waals surface area contributed by atoms with E-state index in [-0.39, 0.29) is 24.3 Å². The lowest BCUT2D eigenvalue weighted by atomic mass is 10.0. The molecule has 0 fully saturated rings. The number of amides is 3. The van der Waals surface area contributed by atoms with Gasteiger partial charge in [0.15, 0.2) is 0 Å². The van der Waals surface area contributed by atoms with E-state index in [1.807, 2.05) is 0 Å². The lowest BCUT2D eigenvalue weighted by Crippen LogP contribution is -2.58.